The van der Waals surface area contributed by atoms with Crippen molar-refractivity contribution >= 4 is 5.78 Å². The number of ether oxygens (including phenoxy) is 1. The molecule has 0 spiro atoms. The standard InChI is InChI=1S/C18H21NO2/c1-19(13-16-8-10-18(21-2)11-9-16)14-17(20)12-15-6-4-3-5-7-15/h3-11H,12-14H2,1-2H3. The number of likely N-dealkylation sites (N-methyl/N-ethyl adjacent to an activating group) is 1. The molecule has 3 nitrogen and oxygen atoms in total. The fraction of sp³-hybridized carbons (Fsp3) is 0.278. The molecule has 2 rings (SSSR count). The zero-order valence-electron chi connectivity index (χ0n) is 12.6. The second-order valence-corrected chi connectivity index (χ2v) is 5.22. The van der Waals surface area contributed by atoms with Crippen molar-refractivity contribution < 1.29 is 9.53 Å². The van der Waals surface area contributed by atoms with Gasteiger partial charge in [0, 0.05) is 13.0 Å². The molecule has 21 heavy (non-hydrogen) atoms. The van der Waals surface area contributed by atoms with Gasteiger partial charge >= 0.3 is 0 Å². The predicted molar refractivity (Wildman–Crippen MR) is 84.5 cm³/mol. The minimum absolute atomic E-state index is 0.234. The molecule has 0 aliphatic rings. The molecule has 0 bridgehead atoms. The molecule has 0 aromatic heterocycles. The maximum Gasteiger partial charge on any atom is 0.151 e. The Labute approximate surface area is 126 Å². The minimum atomic E-state index is 0.234. The largest absolute Gasteiger partial charge is 0.497 e. The molecule has 2 aromatic carbocycles. The molecule has 0 saturated carbocycles. The average molecular weight is 283 g/mol. The zero-order chi connectivity index (χ0) is 15.1. The van der Waals surface area contributed by atoms with E-state index in [0.29, 0.717) is 13.0 Å². The highest BCUT2D eigenvalue weighted by molar-refractivity contribution is 5.82. The van der Waals surface area contributed by atoms with Gasteiger partial charge in [0.15, 0.2) is 5.78 Å². The van der Waals surface area contributed by atoms with Crippen molar-refractivity contribution in [2.45, 2.75) is 13.0 Å². The Bertz CT molecular complexity index is 564. The van der Waals surface area contributed by atoms with Gasteiger partial charge in [-0.05, 0) is 30.3 Å². The van der Waals surface area contributed by atoms with E-state index in [2.05, 4.69) is 0 Å². The van der Waals surface area contributed by atoms with E-state index in [4.69, 9.17) is 4.74 Å². The van der Waals surface area contributed by atoms with Gasteiger partial charge < -0.3 is 4.74 Å². The Hall–Kier alpha value is -2.13. The van der Waals surface area contributed by atoms with Crippen LogP contribution in [0, 0.1) is 0 Å². The van der Waals surface area contributed by atoms with Crippen LogP contribution in [-0.4, -0.2) is 31.4 Å². The molecule has 0 unspecified atom stereocenters. The number of carbonyl (C=O) groups excluding carboxylic acids is 1. The summed E-state index contributed by atoms with van der Waals surface area (Å²) < 4.78 is 5.14. The molecule has 0 aliphatic carbocycles. The fourth-order valence-electron chi connectivity index (χ4n) is 2.28. The Kier molecular flexibility index (Phi) is 5.52. The van der Waals surface area contributed by atoms with Crippen LogP contribution in [0.15, 0.2) is 54.6 Å². The normalized spacial score (nSPS) is 10.6. The first kappa shape index (κ1) is 15.3. The third-order valence-corrected chi connectivity index (χ3v) is 3.30. The van der Waals surface area contributed by atoms with Crippen molar-refractivity contribution in [3.05, 3.63) is 65.7 Å². The summed E-state index contributed by atoms with van der Waals surface area (Å²) in [7, 11) is 3.62. The van der Waals surface area contributed by atoms with Gasteiger partial charge in [0.1, 0.15) is 5.75 Å². The molecule has 0 heterocycles. The minimum Gasteiger partial charge on any atom is -0.497 e. The Morgan fingerprint density at radius 1 is 1.00 bits per heavy atom. The molecule has 0 amide bonds. The zero-order valence-corrected chi connectivity index (χ0v) is 12.6. The van der Waals surface area contributed by atoms with Crippen LogP contribution in [0.5, 0.6) is 5.75 Å². The SMILES string of the molecule is COc1ccc(CN(C)CC(=O)Cc2ccccc2)cc1. The molecule has 2 aromatic rings. The van der Waals surface area contributed by atoms with E-state index in [9.17, 15) is 4.79 Å². The third-order valence-electron chi connectivity index (χ3n) is 3.30. The molecular formula is C18H21NO2. The molecule has 0 fully saturated rings. The number of hydrogen-bond acceptors (Lipinski definition) is 3. The van der Waals surface area contributed by atoms with E-state index >= 15 is 0 Å². The van der Waals surface area contributed by atoms with Crippen molar-refractivity contribution in [1.29, 1.82) is 0 Å². The first-order valence-corrected chi connectivity index (χ1v) is 7.04. The van der Waals surface area contributed by atoms with Gasteiger partial charge in [-0.2, -0.15) is 0 Å². The van der Waals surface area contributed by atoms with Gasteiger partial charge in [-0.3, -0.25) is 9.69 Å². The Balaban J connectivity index is 1.83. The van der Waals surface area contributed by atoms with Crippen molar-refractivity contribution in [1.82, 2.24) is 4.90 Å². The van der Waals surface area contributed by atoms with Crippen LogP contribution in [0.4, 0.5) is 0 Å². The van der Waals surface area contributed by atoms with Crippen LogP contribution >= 0.6 is 0 Å². The van der Waals surface area contributed by atoms with Crippen molar-refractivity contribution in [2.75, 3.05) is 20.7 Å². The van der Waals surface area contributed by atoms with Crippen molar-refractivity contribution in [2.24, 2.45) is 0 Å². The maximum absolute atomic E-state index is 12.1. The summed E-state index contributed by atoms with van der Waals surface area (Å²) in [6.07, 6.45) is 0.494. The lowest BCUT2D eigenvalue weighted by Gasteiger charge is -2.16. The predicted octanol–water partition coefficient (Wildman–Crippen LogP) is 2.94. The van der Waals surface area contributed by atoms with Crippen LogP contribution < -0.4 is 4.74 Å². The topological polar surface area (TPSA) is 29.5 Å². The Morgan fingerprint density at radius 3 is 2.29 bits per heavy atom. The van der Waals surface area contributed by atoms with Crippen LogP contribution in [0.2, 0.25) is 0 Å². The summed E-state index contributed by atoms with van der Waals surface area (Å²) >= 11 is 0. The van der Waals surface area contributed by atoms with Crippen molar-refractivity contribution in [3.8, 4) is 5.75 Å². The number of benzene rings is 2. The number of ketones is 1. The average Bonchev–Trinajstić information content (AvgIpc) is 2.48. The third kappa shape index (κ3) is 5.04. The maximum atomic E-state index is 12.1. The Morgan fingerprint density at radius 2 is 1.67 bits per heavy atom. The molecule has 3 heteroatoms. The molecular weight excluding hydrogens is 262 g/mol. The quantitative estimate of drug-likeness (QED) is 0.782. The van der Waals surface area contributed by atoms with Gasteiger partial charge in [0.05, 0.1) is 13.7 Å². The number of Topliss-reactive ketones (excluding diaryl/α,β-unsaturated/α-hetero) is 1. The molecule has 0 N–H and O–H groups in total. The number of hydrogen-bond donors (Lipinski definition) is 0. The van der Waals surface area contributed by atoms with Gasteiger partial charge in [0.2, 0.25) is 0 Å². The second kappa shape index (κ2) is 7.60. The second-order valence-electron chi connectivity index (χ2n) is 5.22. The summed E-state index contributed by atoms with van der Waals surface area (Å²) in [5.74, 6) is 1.08. The summed E-state index contributed by atoms with van der Waals surface area (Å²) in [5, 5.41) is 0. The van der Waals surface area contributed by atoms with E-state index in [0.717, 1.165) is 17.9 Å². The fourth-order valence-corrected chi connectivity index (χ4v) is 2.28. The first-order valence-electron chi connectivity index (χ1n) is 7.04. The van der Waals surface area contributed by atoms with E-state index < -0.39 is 0 Å². The van der Waals surface area contributed by atoms with Gasteiger partial charge in [-0.15, -0.1) is 0 Å². The lowest BCUT2D eigenvalue weighted by Crippen LogP contribution is -2.26. The lowest BCUT2D eigenvalue weighted by atomic mass is 10.1. The molecule has 110 valence electrons. The molecule has 0 saturated heterocycles. The highest BCUT2D eigenvalue weighted by atomic mass is 16.5. The highest BCUT2D eigenvalue weighted by Gasteiger charge is 2.08. The first-order chi connectivity index (χ1) is 10.2. The summed E-state index contributed by atoms with van der Waals surface area (Å²) in [4.78, 5) is 14.1. The lowest BCUT2D eigenvalue weighted by molar-refractivity contribution is -0.119. The van der Waals surface area contributed by atoms with Crippen LogP contribution in [0.3, 0.4) is 0 Å². The summed E-state index contributed by atoms with van der Waals surface area (Å²) in [6.45, 7) is 1.21. The monoisotopic (exact) mass is 283 g/mol. The highest BCUT2D eigenvalue weighted by Crippen LogP contribution is 2.12. The van der Waals surface area contributed by atoms with Crippen LogP contribution in [-0.2, 0) is 17.8 Å². The number of rotatable bonds is 7. The molecule has 0 aliphatic heterocycles. The van der Waals surface area contributed by atoms with E-state index in [1.807, 2.05) is 66.5 Å². The molecule has 0 atom stereocenters. The summed E-state index contributed by atoms with van der Waals surface area (Å²) in [6, 6.07) is 17.8. The number of methoxy groups -OCH3 is 1. The van der Waals surface area contributed by atoms with E-state index in [-0.39, 0.29) is 5.78 Å². The summed E-state index contributed by atoms with van der Waals surface area (Å²) in [5.41, 5.74) is 2.24. The van der Waals surface area contributed by atoms with Crippen molar-refractivity contribution in [3.63, 3.8) is 0 Å². The van der Waals surface area contributed by atoms with Gasteiger partial charge in [-0.1, -0.05) is 42.5 Å². The van der Waals surface area contributed by atoms with E-state index in [1.165, 1.54) is 5.56 Å². The van der Waals surface area contributed by atoms with E-state index in [1.54, 1.807) is 7.11 Å². The van der Waals surface area contributed by atoms with Crippen LogP contribution in [0.1, 0.15) is 11.1 Å². The van der Waals surface area contributed by atoms with Gasteiger partial charge in [-0.25, -0.2) is 0 Å². The molecule has 0 radical (unpaired) electrons. The smallest absolute Gasteiger partial charge is 0.151 e. The number of carbonyl (C=O) groups is 1. The number of nitrogens with zero attached hydrogens (tertiary/aromatic N) is 1. The van der Waals surface area contributed by atoms with Gasteiger partial charge in [0.25, 0.3) is 0 Å². The van der Waals surface area contributed by atoms with Crippen LogP contribution in [0.25, 0.3) is 0 Å².